The lowest BCUT2D eigenvalue weighted by molar-refractivity contribution is -0.116. The molecular weight excluding hydrogens is 230 g/mol. The molecule has 0 aromatic rings. The fourth-order valence-electron chi connectivity index (χ4n) is 1.29. The Labute approximate surface area is 110 Å². The molecule has 1 aliphatic rings. The van der Waals surface area contributed by atoms with E-state index in [4.69, 9.17) is 0 Å². The first-order chi connectivity index (χ1) is 8.33. The van der Waals surface area contributed by atoms with Crippen LogP contribution < -0.4 is 5.32 Å². The molecule has 1 N–H and O–H groups in total. The maximum Gasteiger partial charge on any atom is 0.243 e. The number of hydrogen-bond acceptors (Lipinski definition) is 2. The minimum absolute atomic E-state index is 0.0211. The highest BCUT2D eigenvalue weighted by molar-refractivity contribution is 7.80. The Morgan fingerprint density at radius 3 is 2.88 bits per heavy atom. The summed E-state index contributed by atoms with van der Waals surface area (Å²) >= 11 is 4.07. The molecular formula is C14H23NOS. The van der Waals surface area contributed by atoms with E-state index >= 15 is 0 Å². The topological polar surface area (TPSA) is 29.1 Å². The van der Waals surface area contributed by atoms with Gasteiger partial charge < -0.3 is 5.32 Å². The third kappa shape index (κ3) is 8.81. The van der Waals surface area contributed by atoms with Crippen molar-refractivity contribution >= 4 is 18.5 Å². The van der Waals surface area contributed by atoms with Crippen molar-refractivity contribution in [2.24, 2.45) is 0 Å². The molecule has 0 fully saturated rings. The second-order valence-electron chi connectivity index (χ2n) is 3.41. The fraction of sp³-hybridized carbons (Fsp3) is 0.500. The molecule has 2 nitrogen and oxygen atoms in total. The number of allylic oxidation sites excluding steroid dienone is 5. The number of carbonyl (C=O) groups is 1. The second kappa shape index (κ2) is 11.5. The van der Waals surface area contributed by atoms with Gasteiger partial charge in [0.2, 0.25) is 5.91 Å². The molecule has 17 heavy (non-hydrogen) atoms. The molecule has 0 spiro atoms. The van der Waals surface area contributed by atoms with Crippen molar-refractivity contribution in [2.75, 3.05) is 12.3 Å². The Morgan fingerprint density at radius 2 is 2.29 bits per heavy atom. The van der Waals surface area contributed by atoms with E-state index in [0.29, 0.717) is 6.54 Å². The molecule has 0 aromatic heterocycles. The molecule has 1 aliphatic carbocycles. The van der Waals surface area contributed by atoms with Crippen molar-refractivity contribution < 1.29 is 4.79 Å². The molecule has 0 bridgehead atoms. The fourth-order valence-corrected chi connectivity index (χ4v) is 1.45. The third-order valence-corrected chi connectivity index (χ3v) is 2.45. The molecule has 0 aliphatic heterocycles. The van der Waals surface area contributed by atoms with E-state index < -0.39 is 0 Å². The summed E-state index contributed by atoms with van der Waals surface area (Å²) in [4.78, 5) is 11.3. The first kappa shape index (κ1) is 16.0. The Morgan fingerprint density at radius 1 is 1.53 bits per heavy atom. The number of hydrogen-bond donors (Lipinski definition) is 2. The monoisotopic (exact) mass is 253 g/mol. The summed E-state index contributed by atoms with van der Waals surface area (Å²) in [6.07, 6.45) is 12.7. The van der Waals surface area contributed by atoms with Gasteiger partial charge in [-0.1, -0.05) is 38.2 Å². The zero-order chi connectivity index (χ0) is 12.9. The van der Waals surface area contributed by atoms with Crippen LogP contribution in [0, 0.1) is 0 Å². The largest absolute Gasteiger partial charge is 0.353 e. The van der Waals surface area contributed by atoms with Gasteiger partial charge in [-0.2, -0.15) is 12.6 Å². The maximum atomic E-state index is 11.3. The zero-order valence-electron chi connectivity index (χ0n) is 10.8. The quantitative estimate of drug-likeness (QED) is 0.439. The van der Waals surface area contributed by atoms with Crippen LogP contribution in [0.4, 0.5) is 0 Å². The molecule has 3 heteroatoms. The number of nitrogens with one attached hydrogen (secondary N) is 1. The summed E-state index contributed by atoms with van der Waals surface area (Å²) in [5.74, 6) is 0.784. The van der Waals surface area contributed by atoms with Crippen molar-refractivity contribution in [2.45, 2.75) is 33.1 Å². The highest BCUT2D eigenvalue weighted by atomic mass is 32.1. The van der Waals surface area contributed by atoms with Crippen LogP contribution >= 0.6 is 12.6 Å². The molecule has 0 unspecified atom stereocenters. The molecule has 96 valence electrons. The van der Waals surface area contributed by atoms with Crippen LogP contribution in [0.2, 0.25) is 0 Å². The van der Waals surface area contributed by atoms with Crippen LogP contribution in [0.25, 0.3) is 0 Å². The van der Waals surface area contributed by atoms with Crippen molar-refractivity contribution in [3.8, 4) is 0 Å². The normalized spacial score (nSPS) is 13.9. The third-order valence-electron chi connectivity index (χ3n) is 2.13. The number of amides is 1. The molecule has 0 heterocycles. The van der Waals surface area contributed by atoms with E-state index in [1.165, 1.54) is 5.57 Å². The minimum Gasteiger partial charge on any atom is -0.353 e. The Kier molecular flexibility index (Phi) is 10.9. The Balaban J connectivity index is 0.00000121. The van der Waals surface area contributed by atoms with Gasteiger partial charge in [0.15, 0.2) is 0 Å². The summed E-state index contributed by atoms with van der Waals surface area (Å²) in [5, 5.41) is 2.80. The molecule has 1 rings (SSSR count). The predicted molar refractivity (Wildman–Crippen MR) is 78.4 cm³/mol. The van der Waals surface area contributed by atoms with Crippen LogP contribution in [0.15, 0.2) is 36.0 Å². The Bertz CT molecular complexity index is 293. The van der Waals surface area contributed by atoms with Crippen molar-refractivity contribution in [3.05, 3.63) is 36.0 Å². The average Bonchev–Trinajstić information content (AvgIpc) is 2.40. The zero-order valence-corrected chi connectivity index (χ0v) is 11.7. The van der Waals surface area contributed by atoms with Crippen LogP contribution in [0.1, 0.15) is 33.1 Å². The van der Waals surface area contributed by atoms with Crippen LogP contribution in [0.3, 0.4) is 0 Å². The minimum atomic E-state index is -0.0211. The van der Waals surface area contributed by atoms with E-state index in [1.807, 2.05) is 32.1 Å². The molecule has 1 amide bonds. The SMILES string of the molecule is CC.O=C(/C=C/C1=CC=CCC1)NCCCS. The first-order valence-electron chi connectivity index (χ1n) is 6.25. The predicted octanol–water partition coefficient (Wildman–Crippen LogP) is 3.28. The first-order valence-corrected chi connectivity index (χ1v) is 6.88. The van der Waals surface area contributed by atoms with Gasteiger partial charge in [-0.05, 0) is 30.6 Å². The van der Waals surface area contributed by atoms with Crippen LogP contribution in [-0.4, -0.2) is 18.2 Å². The van der Waals surface area contributed by atoms with Gasteiger partial charge in [-0.3, -0.25) is 4.79 Å². The average molecular weight is 253 g/mol. The standard InChI is InChI=1S/C12H17NOS.C2H6/c14-12(13-9-4-10-15)8-7-11-5-2-1-3-6-11;1-2/h1-2,5,7-8,15H,3-4,6,9-10H2,(H,13,14);1-2H3/b8-7+;. The van der Waals surface area contributed by atoms with Crippen LogP contribution in [-0.2, 0) is 4.79 Å². The summed E-state index contributed by atoms with van der Waals surface area (Å²) in [7, 11) is 0. The van der Waals surface area contributed by atoms with Gasteiger partial charge >= 0.3 is 0 Å². The summed E-state index contributed by atoms with van der Waals surface area (Å²) in [5.41, 5.74) is 1.21. The summed E-state index contributed by atoms with van der Waals surface area (Å²) in [6, 6.07) is 0. The molecule has 0 radical (unpaired) electrons. The lowest BCUT2D eigenvalue weighted by Crippen LogP contribution is -2.22. The van der Waals surface area contributed by atoms with Gasteiger partial charge in [0.1, 0.15) is 0 Å². The molecule has 0 aromatic carbocycles. The van der Waals surface area contributed by atoms with Crippen molar-refractivity contribution in [3.63, 3.8) is 0 Å². The van der Waals surface area contributed by atoms with E-state index in [2.05, 4.69) is 24.0 Å². The second-order valence-corrected chi connectivity index (χ2v) is 3.86. The Hall–Kier alpha value is -0.960. The van der Waals surface area contributed by atoms with Gasteiger partial charge in [0, 0.05) is 12.6 Å². The highest BCUT2D eigenvalue weighted by Crippen LogP contribution is 2.12. The van der Waals surface area contributed by atoms with E-state index in [0.717, 1.165) is 25.0 Å². The lowest BCUT2D eigenvalue weighted by Gasteiger charge is -2.03. The van der Waals surface area contributed by atoms with Crippen molar-refractivity contribution in [1.29, 1.82) is 0 Å². The van der Waals surface area contributed by atoms with Gasteiger partial charge in [0.25, 0.3) is 0 Å². The van der Waals surface area contributed by atoms with Crippen molar-refractivity contribution in [1.82, 2.24) is 5.32 Å². The maximum absolute atomic E-state index is 11.3. The van der Waals surface area contributed by atoms with Gasteiger partial charge in [0.05, 0.1) is 0 Å². The van der Waals surface area contributed by atoms with Crippen LogP contribution in [0.5, 0.6) is 0 Å². The smallest absolute Gasteiger partial charge is 0.243 e. The number of thiol groups is 1. The number of carbonyl (C=O) groups excluding carboxylic acids is 1. The lowest BCUT2D eigenvalue weighted by atomic mass is 10.1. The summed E-state index contributed by atoms with van der Waals surface area (Å²) < 4.78 is 0. The molecule has 0 saturated heterocycles. The van der Waals surface area contributed by atoms with E-state index in [9.17, 15) is 4.79 Å². The highest BCUT2D eigenvalue weighted by Gasteiger charge is 1.97. The van der Waals surface area contributed by atoms with Gasteiger partial charge in [-0.25, -0.2) is 0 Å². The molecule has 0 saturated carbocycles. The van der Waals surface area contributed by atoms with Gasteiger partial charge in [-0.15, -0.1) is 0 Å². The molecule has 0 atom stereocenters. The van der Waals surface area contributed by atoms with E-state index in [1.54, 1.807) is 6.08 Å². The van der Waals surface area contributed by atoms with E-state index in [-0.39, 0.29) is 5.91 Å². The summed E-state index contributed by atoms with van der Waals surface area (Å²) in [6.45, 7) is 4.70. The number of rotatable bonds is 5.